The fraction of sp³-hybridized carbons (Fsp3) is 0.462. The molecule has 0 radical (unpaired) electrons. The largest absolute Gasteiger partial charge is 0.351 e. The Balaban J connectivity index is 2.04. The van der Waals surface area contributed by atoms with Gasteiger partial charge in [-0.05, 0) is 19.1 Å². The number of nitrogens with zero attached hydrogens (tertiary/aromatic N) is 4. The highest BCUT2D eigenvalue weighted by atomic mass is 16.7. The first-order valence-corrected chi connectivity index (χ1v) is 6.40. The molecule has 0 saturated heterocycles. The van der Waals surface area contributed by atoms with E-state index in [1.807, 2.05) is 44.2 Å². The monoisotopic (exact) mass is 262 g/mol. The molecule has 19 heavy (non-hydrogen) atoms. The van der Waals surface area contributed by atoms with E-state index in [0.717, 1.165) is 5.56 Å². The van der Waals surface area contributed by atoms with Crippen molar-refractivity contribution in [2.45, 2.75) is 26.7 Å². The van der Waals surface area contributed by atoms with Crippen LogP contribution in [-0.4, -0.2) is 39.7 Å². The Bertz CT molecular complexity index is 480. The molecule has 0 aliphatic carbocycles. The van der Waals surface area contributed by atoms with Crippen LogP contribution in [0.5, 0.6) is 0 Å². The zero-order valence-corrected chi connectivity index (χ0v) is 11.2. The number of hydrogen-bond donors (Lipinski definition) is 0. The Labute approximate surface area is 112 Å². The van der Waals surface area contributed by atoms with Crippen molar-refractivity contribution in [1.82, 2.24) is 20.2 Å². The summed E-state index contributed by atoms with van der Waals surface area (Å²) >= 11 is 0. The van der Waals surface area contributed by atoms with Gasteiger partial charge in [-0.2, -0.15) is 4.80 Å². The zero-order chi connectivity index (χ0) is 13.5. The summed E-state index contributed by atoms with van der Waals surface area (Å²) in [4.78, 5) is 1.50. The average Bonchev–Trinajstić information content (AvgIpc) is 2.89. The lowest BCUT2D eigenvalue weighted by molar-refractivity contribution is -0.146. The molecular formula is C13H18N4O2. The van der Waals surface area contributed by atoms with E-state index >= 15 is 0 Å². The lowest BCUT2D eigenvalue weighted by Crippen LogP contribution is -2.25. The van der Waals surface area contributed by atoms with Gasteiger partial charge in [0, 0.05) is 18.8 Å². The second-order valence-corrected chi connectivity index (χ2v) is 3.87. The fourth-order valence-corrected chi connectivity index (χ4v) is 1.68. The molecule has 0 fully saturated rings. The quantitative estimate of drug-likeness (QED) is 0.711. The third-order valence-corrected chi connectivity index (χ3v) is 2.50. The second-order valence-electron chi connectivity index (χ2n) is 3.87. The van der Waals surface area contributed by atoms with E-state index in [9.17, 15) is 0 Å². The zero-order valence-electron chi connectivity index (χ0n) is 11.2. The summed E-state index contributed by atoms with van der Waals surface area (Å²) in [6.45, 7) is 5.46. The minimum Gasteiger partial charge on any atom is -0.351 e. The van der Waals surface area contributed by atoms with Crippen LogP contribution in [0.15, 0.2) is 30.3 Å². The Morgan fingerprint density at radius 1 is 1.11 bits per heavy atom. The normalized spacial score (nSPS) is 11.1. The van der Waals surface area contributed by atoms with Gasteiger partial charge < -0.3 is 9.47 Å². The van der Waals surface area contributed by atoms with Gasteiger partial charge in [0.25, 0.3) is 0 Å². The molecule has 6 heteroatoms. The van der Waals surface area contributed by atoms with Crippen LogP contribution in [0.1, 0.15) is 13.8 Å². The number of tetrazole rings is 1. The van der Waals surface area contributed by atoms with Gasteiger partial charge in [0.15, 0.2) is 6.29 Å². The van der Waals surface area contributed by atoms with Crippen LogP contribution < -0.4 is 0 Å². The topological polar surface area (TPSA) is 62.1 Å². The second kappa shape index (κ2) is 6.96. The van der Waals surface area contributed by atoms with E-state index in [0.29, 0.717) is 25.6 Å². The summed E-state index contributed by atoms with van der Waals surface area (Å²) in [6, 6.07) is 9.74. The lowest BCUT2D eigenvalue weighted by Gasteiger charge is -2.15. The predicted octanol–water partition coefficient (Wildman–Crippen LogP) is 1.74. The summed E-state index contributed by atoms with van der Waals surface area (Å²) in [7, 11) is 0. The van der Waals surface area contributed by atoms with Crippen molar-refractivity contribution in [3.63, 3.8) is 0 Å². The van der Waals surface area contributed by atoms with Gasteiger partial charge in [-0.25, -0.2) is 0 Å². The molecule has 1 aromatic heterocycles. The summed E-state index contributed by atoms with van der Waals surface area (Å²) in [5.74, 6) is 0.604. The predicted molar refractivity (Wildman–Crippen MR) is 70.3 cm³/mol. The average molecular weight is 262 g/mol. The number of aromatic nitrogens is 4. The molecule has 0 amide bonds. The van der Waals surface area contributed by atoms with Gasteiger partial charge in [0.05, 0.1) is 0 Å². The third-order valence-electron chi connectivity index (χ3n) is 2.50. The summed E-state index contributed by atoms with van der Waals surface area (Å²) in [5.41, 5.74) is 0.943. The molecule has 0 N–H and O–H groups in total. The molecular weight excluding hydrogens is 244 g/mol. The van der Waals surface area contributed by atoms with Crippen LogP contribution >= 0.6 is 0 Å². The smallest absolute Gasteiger partial charge is 0.204 e. The molecule has 102 valence electrons. The molecule has 0 aliphatic heterocycles. The molecule has 6 nitrogen and oxygen atoms in total. The van der Waals surface area contributed by atoms with E-state index in [4.69, 9.17) is 9.47 Å². The van der Waals surface area contributed by atoms with Crippen LogP contribution in [0.25, 0.3) is 11.4 Å². The molecule has 2 aromatic rings. The Kier molecular flexibility index (Phi) is 5.00. The van der Waals surface area contributed by atoms with E-state index in [1.165, 1.54) is 4.80 Å². The van der Waals surface area contributed by atoms with Crippen LogP contribution in [0, 0.1) is 0 Å². The first-order valence-electron chi connectivity index (χ1n) is 6.40. The molecule has 1 heterocycles. The van der Waals surface area contributed by atoms with E-state index in [1.54, 1.807) is 0 Å². The molecule has 1 aromatic carbocycles. The molecule has 0 aliphatic rings. The van der Waals surface area contributed by atoms with Gasteiger partial charge in [-0.1, -0.05) is 30.3 Å². The van der Waals surface area contributed by atoms with Gasteiger partial charge in [0.2, 0.25) is 5.82 Å². The maximum Gasteiger partial charge on any atom is 0.204 e. The summed E-state index contributed by atoms with van der Waals surface area (Å²) in [6.07, 6.45) is -0.340. The van der Waals surface area contributed by atoms with Gasteiger partial charge >= 0.3 is 0 Å². The highest BCUT2D eigenvalue weighted by Crippen LogP contribution is 2.12. The number of rotatable bonds is 7. The van der Waals surface area contributed by atoms with E-state index in [-0.39, 0.29) is 6.29 Å². The number of hydrogen-bond acceptors (Lipinski definition) is 5. The standard InChI is InChI=1S/C13H18N4O2/c1-3-18-12(19-4-2)10-17-15-13(14-16-17)11-8-6-5-7-9-11/h5-9,12H,3-4,10H2,1-2H3. The van der Waals surface area contributed by atoms with Crippen molar-refractivity contribution >= 4 is 0 Å². The molecule has 0 spiro atoms. The fourth-order valence-electron chi connectivity index (χ4n) is 1.68. The van der Waals surface area contributed by atoms with Crippen LogP contribution in [0.3, 0.4) is 0 Å². The summed E-state index contributed by atoms with van der Waals surface area (Å²) in [5, 5.41) is 12.4. The minimum absolute atomic E-state index is 0.340. The van der Waals surface area contributed by atoms with Crippen molar-refractivity contribution in [1.29, 1.82) is 0 Å². The van der Waals surface area contributed by atoms with Crippen LogP contribution in [0.4, 0.5) is 0 Å². The van der Waals surface area contributed by atoms with Gasteiger partial charge in [0.1, 0.15) is 6.54 Å². The van der Waals surface area contributed by atoms with Crippen molar-refractivity contribution in [3.8, 4) is 11.4 Å². The summed E-state index contributed by atoms with van der Waals surface area (Å²) < 4.78 is 10.9. The van der Waals surface area contributed by atoms with Gasteiger partial charge in [-0.3, -0.25) is 0 Å². The lowest BCUT2D eigenvalue weighted by atomic mass is 10.2. The SMILES string of the molecule is CCOC(Cn1nnc(-c2ccccc2)n1)OCC. The molecule has 0 saturated carbocycles. The highest BCUT2D eigenvalue weighted by molar-refractivity contribution is 5.52. The Morgan fingerprint density at radius 2 is 1.79 bits per heavy atom. The number of ether oxygens (including phenoxy) is 2. The van der Waals surface area contributed by atoms with Crippen molar-refractivity contribution < 1.29 is 9.47 Å². The maximum absolute atomic E-state index is 5.45. The Morgan fingerprint density at radius 3 is 2.42 bits per heavy atom. The van der Waals surface area contributed by atoms with Gasteiger partial charge in [-0.15, -0.1) is 10.2 Å². The van der Waals surface area contributed by atoms with Crippen molar-refractivity contribution in [2.24, 2.45) is 0 Å². The molecule has 2 rings (SSSR count). The maximum atomic E-state index is 5.45. The Hall–Kier alpha value is -1.79. The molecule has 0 bridgehead atoms. The van der Waals surface area contributed by atoms with Crippen molar-refractivity contribution in [2.75, 3.05) is 13.2 Å². The third kappa shape index (κ3) is 3.84. The van der Waals surface area contributed by atoms with Crippen LogP contribution in [-0.2, 0) is 16.0 Å². The van der Waals surface area contributed by atoms with Crippen molar-refractivity contribution in [3.05, 3.63) is 30.3 Å². The minimum atomic E-state index is -0.340. The first kappa shape index (κ1) is 13.6. The molecule has 0 unspecified atom stereocenters. The number of benzene rings is 1. The first-order chi connectivity index (χ1) is 9.33. The van der Waals surface area contributed by atoms with E-state index in [2.05, 4.69) is 15.4 Å². The van der Waals surface area contributed by atoms with Crippen LogP contribution in [0.2, 0.25) is 0 Å². The highest BCUT2D eigenvalue weighted by Gasteiger charge is 2.12. The molecule has 0 atom stereocenters. The van der Waals surface area contributed by atoms with E-state index < -0.39 is 0 Å².